The van der Waals surface area contributed by atoms with E-state index in [0.717, 1.165) is 37.6 Å². The SMILES string of the molecule is CC(O)CN1CCN(c2ccc(NC(=O)/C=C/c3ccccc3)cn2)CC1. The standard InChI is InChI=1S/C21H26N4O2/c1-17(26)16-24-11-13-25(14-12-24)20-9-8-19(15-22-20)23-21(27)10-7-18-5-3-2-4-6-18/h2-10,15,17,26H,11-14,16H2,1H3,(H,23,27)/b10-7+. The molecule has 0 saturated carbocycles. The minimum Gasteiger partial charge on any atom is -0.392 e. The zero-order chi connectivity index (χ0) is 19.1. The molecular formula is C21H26N4O2. The lowest BCUT2D eigenvalue weighted by Crippen LogP contribution is -2.48. The molecule has 6 nitrogen and oxygen atoms in total. The Kier molecular flexibility index (Phi) is 6.57. The van der Waals surface area contributed by atoms with Crippen LogP contribution in [0.4, 0.5) is 11.5 Å². The van der Waals surface area contributed by atoms with E-state index in [9.17, 15) is 9.90 Å². The van der Waals surface area contributed by atoms with E-state index in [1.165, 1.54) is 6.08 Å². The minimum atomic E-state index is -0.298. The number of nitrogens with one attached hydrogen (secondary N) is 1. The number of aromatic nitrogens is 1. The molecule has 0 radical (unpaired) electrons. The summed E-state index contributed by atoms with van der Waals surface area (Å²) in [7, 11) is 0. The zero-order valence-corrected chi connectivity index (χ0v) is 15.6. The fourth-order valence-electron chi connectivity index (χ4n) is 3.10. The highest BCUT2D eigenvalue weighted by atomic mass is 16.3. The number of aliphatic hydroxyl groups excluding tert-OH is 1. The third-order valence-electron chi connectivity index (χ3n) is 4.46. The maximum Gasteiger partial charge on any atom is 0.248 e. The average Bonchev–Trinajstić information content (AvgIpc) is 2.68. The van der Waals surface area contributed by atoms with E-state index >= 15 is 0 Å². The van der Waals surface area contributed by atoms with Gasteiger partial charge in [-0.3, -0.25) is 9.69 Å². The Morgan fingerprint density at radius 3 is 2.56 bits per heavy atom. The number of nitrogens with zero attached hydrogens (tertiary/aromatic N) is 3. The third kappa shape index (κ3) is 5.91. The summed E-state index contributed by atoms with van der Waals surface area (Å²) in [5.41, 5.74) is 1.66. The van der Waals surface area contributed by atoms with Gasteiger partial charge in [-0.1, -0.05) is 30.3 Å². The summed E-state index contributed by atoms with van der Waals surface area (Å²) in [4.78, 5) is 21.0. The van der Waals surface area contributed by atoms with E-state index in [2.05, 4.69) is 20.1 Å². The second kappa shape index (κ2) is 9.30. The van der Waals surface area contributed by atoms with Crippen LogP contribution in [0.3, 0.4) is 0 Å². The van der Waals surface area contributed by atoms with Crippen molar-refractivity contribution >= 4 is 23.5 Å². The fraction of sp³-hybridized carbons (Fsp3) is 0.333. The van der Waals surface area contributed by atoms with Crippen molar-refractivity contribution in [1.29, 1.82) is 0 Å². The summed E-state index contributed by atoms with van der Waals surface area (Å²) in [6.45, 7) is 6.11. The van der Waals surface area contributed by atoms with Crippen molar-refractivity contribution in [1.82, 2.24) is 9.88 Å². The number of amides is 1. The third-order valence-corrected chi connectivity index (χ3v) is 4.46. The minimum absolute atomic E-state index is 0.180. The molecule has 1 amide bonds. The molecule has 1 aromatic carbocycles. The van der Waals surface area contributed by atoms with Crippen LogP contribution >= 0.6 is 0 Å². The van der Waals surface area contributed by atoms with Crippen molar-refractivity contribution in [3.05, 3.63) is 60.3 Å². The van der Waals surface area contributed by atoms with Crippen molar-refractivity contribution < 1.29 is 9.90 Å². The number of hydrogen-bond donors (Lipinski definition) is 2. The number of hydrogen-bond acceptors (Lipinski definition) is 5. The number of rotatable bonds is 6. The van der Waals surface area contributed by atoms with Gasteiger partial charge in [0.1, 0.15) is 5.82 Å². The highest BCUT2D eigenvalue weighted by Crippen LogP contribution is 2.16. The Morgan fingerprint density at radius 2 is 1.93 bits per heavy atom. The van der Waals surface area contributed by atoms with Crippen LogP contribution in [0.15, 0.2) is 54.7 Å². The molecule has 1 atom stereocenters. The molecule has 27 heavy (non-hydrogen) atoms. The summed E-state index contributed by atoms with van der Waals surface area (Å²) >= 11 is 0. The first kappa shape index (κ1) is 19.1. The highest BCUT2D eigenvalue weighted by Gasteiger charge is 2.18. The maximum atomic E-state index is 12.0. The van der Waals surface area contributed by atoms with Crippen LogP contribution < -0.4 is 10.2 Å². The van der Waals surface area contributed by atoms with Crippen LogP contribution in [0.5, 0.6) is 0 Å². The van der Waals surface area contributed by atoms with Gasteiger partial charge in [-0.15, -0.1) is 0 Å². The van der Waals surface area contributed by atoms with Crippen LogP contribution in [0, 0.1) is 0 Å². The quantitative estimate of drug-likeness (QED) is 0.768. The molecule has 1 unspecified atom stereocenters. The van der Waals surface area contributed by atoms with Crippen LogP contribution in [0.2, 0.25) is 0 Å². The Hall–Kier alpha value is -2.70. The number of β-amino-alcohol motifs (C(OH)–C–C–N with tert-alkyl or cyclic N) is 1. The second-order valence-electron chi connectivity index (χ2n) is 6.78. The Bertz CT molecular complexity index is 752. The monoisotopic (exact) mass is 366 g/mol. The predicted octanol–water partition coefficient (Wildman–Crippen LogP) is 2.24. The van der Waals surface area contributed by atoms with E-state index in [-0.39, 0.29) is 12.0 Å². The first-order valence-electron chi connectivity index (χ1n) is 9.26. The van der Waals surface area contributed by atoms with Gasteiger partial charge < -0.3 is 15.3 Å². The van der Waals surface area contributed by atoms with Crippen LogP contribution in [-0.2, 0) is 4.79 Å². The molecule has 0 spiro atoms. The van der Waals surface area contributed by atoms with Crippen molar-refractivity contribution in [2.24, 2.45) is 0 Å². The van der Waals surface area contributed by atoms with Crippen molar-refractivity contribution in [2.45, 2.75) is 13.0 Å². The maximum absolute atomic E-state index is 12.0. The van der Waals surface area contributed by atoms with Gasteiger partial charge in [0.15, 0.2) is 0 Å². The van der Waals surface area contributed by atoms with Gasteiger partial charge in [0, 0.05) is 38.8 Å². The van der Waals surface area contributed by atoms with Gasteiger partial charge in [0.05, 0.1) is 18.0 Å². The first-order chi connectivity index (χ1) is 13.1. The van der Waals surface area contributed by atoms with Gasteiger partial charge in [0.2, 0.25) is 5.91 Å². The number of piperazine rings is 1. The van der Waals surface area contributed by atoms with Gasteiger partial charge in [-0.25, -0.2) is 4.98 Å². The smallest absolute Gasteiger partial charge is 0.248 e. The van der Waals surface area contributed by atoms with Gasteiger partial charge >= 0.3 is 0 Å². The molecule has 142 valence electrons. The largest absolute Gasteiger partial charge is 0.392 e. The molecule has 0 bridgehead atoms. The molecule has 1 saturated heterocycles. The number of carbonyl (C=O) groups excluding carboxylic acids is 1. The summed E-state index contributed by atoms with van der Waals surface area (Å²) in [5, 5.41) is 12.3. The van der Waals surface area contributed by atoms with Crippen molar-refractivity contribution in [2.75, 3.05) is 42.9 Å². The van der Waals surface area contributed by atoms with E-state index in [1.807, 2.05) is 49.4 Å². The molecule has 1 fully saturated rings. The molecule has 1 aliphatic rings. The fourth-order valence-corrected chi connectivity index (χ4v) is 3.10. The second-order valence-corrected chi connectivity index (χ2v) is 6.78. The Balaban J connectivity index is 1.50. The normalized spacial score (nSPS) is 16.4. The summed E-state index contributed by atoms with van der Waals surface area (Å²) < 4.78 is 0. The lowest BCUT2D eigenvalue weighted by molar-refractivity contribution is -0.111. The molecule has 1 aliphatic heterocycles. The van der Waals surface area contributed by atoms with E-state index < -0.39 is 0 Å². The van der Waals surface area contributed by atoms with Gasteiger partial charge in [-0.05, 0) is 30.7 Å². The summed E-state index contributed by atoms with van der Waals surface area (Å²) in [6, 6.07) is 13.5. The molecule has 2 heterocycles. The Labute approximate surface area is 160 Å². The molecule has 1 aromatic heterocycles. The number of benzene rings is 1. The summed E-state index contributed by atoms with van der Waals surface area (Å²) in [6.07, 6.45) is 4.69. The lowest BCUT2D eigenvalue weighted by atomic mass is 10.2. The number of carbonyl (C=O) groups is 1. The molecular weight excluding hydrogens is 340 g/mol. The number of pyridine rings is 1. The van der Waals surface area contributed by atoms with Gasteiger partial charge in [0.25, 0.3) is 0 Å². The van der Waals surface area contributed by atoms with E-state index in [1.54, 1.807) is 12.3 Å². The van der Waals surface area contributed by atoms with E-state index in [0.29, 0.717) is 12.2 Å². The topological polar surface area (TPSA) is 68.7 Å². The molecule has 3 rings (SSSR count). The van der Waals surface area contributed by atoms with E-state index in [4.69, 9.17) is 0 Å². The highest BCUT2D eigenvalue weighted by molar-refractivity contribution is 6.01. The zero-order valence-electron chi connectivity index (χ0n) is 15.6. The molecule has 6 heteroatoms. The molecule has 2 N–H and O–H groups in total. The van der Waals surface area contributed by atoms with Crippen molar-refractivity contribution in [3.8, 4) is 0 Å². The molecule has 2 aromatic rings. The average molecular weight is 366 g/mol. The van der Waals surface area contributed by atoms with Crippen LogP contribution in [0.25, 0.3) is 6.08 Å². The predicted molar refractivity (Wildman–Crippen MR) is 109 cm³/mol. The number of aliphatic hydroxyl groups is 1. The first-order valence-corrected chi connectivity index (χ1v) is 9.26. The number of anilines is 2. The summed E-state index contributed by atoms with van der Waals surface area (Å²) in [5.74, 6) is 0.727. The van der Waals surface area contributed by atoms with Gasteiger partial charge in [-0.2, -0.15) is 0 Å². The molecule has 0 aliphatic carbocycles. The van der Waals surface area contributed by atoms with Crippen LogP contribution in [0.1, 0.15) is 12.5 Å². The van der Waals surface area contributed by atoms with Crippen molar-refractivity contribution in [3.63, 3.8) is 0 Å². The lowest BCUT2D eigenvalue weighted by Gasteiger charge is -2.35. The Morgan fingerprint density at radius 1 is 1.19 bits per heavy atom. The van der Waals surface area contributed by atoms with Crippen LogP contribution in [-0.4, -0.2) is 59.7 Å².